The summed E-state index contributed by atoms with van der Waals surface area (Å²) in [7, 11) is 0. The Bertz CT molecular complexity index is 684. The molecule has 0 unspecified atom stereocenters. The molecule has 0 amide bonds. The second kappa shape index (κ2) is 9.63. The third-order valence-corrected chi connectivity index (χ3v) is 3.38. The minimum atomic E-state index is 0.441. The average molecular weight is 345 g/mol. The summed E-state index contributed by atoms with van der Waals surface area (Å²) in [6.07, 6.45) is 3.45. The van der Waals surface area contributed by atoms with E-state index in [0.717, 1.165) is 16.1 Å². The minimum absolute atomic E-state index is 0.441. The molecule has 0 spiro atoms. The first kappa shape index (κ1) is 17.9. The van der Waals surface area contributed by atoms with Crippen molar-refractivity contribution in [1.29, 1.82) is 0 Å². The van der Waals surface area contributed by atoms with Crippen LogP contribution in [0.5, 0.6) is 11.5 Å². The summed E-state index contributed by atoms with van der Waals surface area (Å²) in [6, 6.07) is 13.3. The molecule has 24 heavy (non-hydrogen) atoms. The first-order valence-corrected chi connectivity index (χ1v) is 8.11. The van der Waals surface area contributed by atoms with Crippen LogP contribution in [0, 0.1) is 0 Å². The zero-order valence-corrected chi connectivity index (χ0v) is 14.4. The highest BCUT2D eigenvalue weighted by molar-refractivity contribution is 6.30. The van der Waals surface area contributed by atoms with E-state index in [1.165, 1.54) is 0 Å². The van der Waals surface area contributed by atoms with E-state index in [9.17, 15) is 0 Å². The maximum atomic E-state index is 5.86. The highest BCUT2D eigenvalue weighted by Crippen LogP contribution is 2.28. The van der Waals surface area contributed by atoms with Crippen LogP contribution in [0.25, 0.3) is 0 Å². The van der Waals surface area contributed by atoms with Crippen molar-refractivity contribution in [3.63, 3.8) is 0 Å². The molecule has 0 bridgehead atoms. The molecule has 2 aromatic rings. The van der Waals surface area contributed by atoms with Gasteiger partial charge in [0.05, 0.1) is 19.4 Å². The maximum absolute atomic E-state index is 5.86. The van der Waals surface area contributed by atoms with Gasteiger partial charge in [-0.25, -0.2) is 0 Å². The summed E-state index contributed by atoms with van der Waals surface area (Å²) in [5.74, 6) is 1.39. The molecule has 0 aliphatic heterocycles. The lowest BCUT2D eigenvalue weighted by Gasteiger charge is -2.11. The number of ether oxygens (including phenoxy) is 2. The van der Waals surface area contributed by atoms with Crippen LogP contribution < -0.4 is 14.9 Å². The SMILES string of the molecule is C=CCOc1ccc(/C=N\NCc2ccc(Cl)cc2)cc1OCC. The van der Waals surface area contributed by atoms with E-state index in [1.807, 2.05) is 49.4 Å². The highest BCUT2D eigenvalue weighted by Gasteiger charge is 2.05. The van der Waals surface area contributed by atoms with Crippen LogP contribution in [-0.4, -0.2) is 19.4 Å². The quantitative estimate of drug-likeness (QED) is 0.416. The van der Waals surface area contributed by atoms with Crippen molar-refractivity contribution < 1.29 is 9.47 Å². The number of hydrazone groups is 1. The van der Waals surface area contributed by atoms with Gasteiger partial charge in [0.15, 0.2) is 11.5 Å². The molecule has 0 atom stereocenters. The first-order chi connectivity index (χ1) is 11.7. The number of rotatable bonds is 9. The zero-order valence-electron chi connectivity index (χ0n) is 13.7. The fourth-order valence-corrected chi connectivity index (χ4v) is 2.13. The Morgan fingerprint density at radius 3 is 2.62 bits per heavy atom. The van der Waals surface area contributed by atoms with Gasteiger partial charge in [0.25, 0.3) is 0 Å². The summed E-state index contributed by atoms with van der Waals surface area (Å²) < 4.78 is 11.2. The molecule has 0 aromatic heterocycles. The van der Waals surface area contributed by atoms with Crippen LogP contribution in [0.4, 0.5) is 0 Å². The minimum Gasteiger partial charge on any atom is -0.490 e. The molecule has 4 nitrogen and oxygen atoms in total. The monoisotopic (exact) mass is 344 g/mol. The van der Waals surface area contributed by atoms with E-state index >= 15 is 0 Å². The largest absolute Gasteiger partial charge is 0.490 e. The average Bonchev–Trinajstić information content (AvgIpc) is 2.60. The molecule has 2 aromatic carbocycles. The van der Waals surface area contributed by atoms with Crippen LogP contribution in [0.3, 0.4) is 0 Å². The van der Waals surface area contributed by atoms with Gasteiger partial charge in [-0.1, -0.05) is 36.4 Å². The van der Waals surface area contributed by atoms with Gasteiger partial charge in [-0.3, -0.25) is 0 Å². The number of hydrogen-bond acceptors (Lipinski definition) is 4. The third kappa shape index (κ3) is 5.63. The molecule has 0 heterocycles. The standard InChI is InChI=1S/C19H21ClN2O2/c1-3-11-24-18-10-7-16(12-19(18)23-4-2)14-22-21-13-15-5-8-17(20)9-6-15/h3,5-10,12,14,21H,1,4,11,13H2,2H3/b22-14-. The molecule has 5 heteroatoms. The third-order valence-electron chi connectivity index (χ3n) is 3.13. The molecular weight excluding hydrogens is 324 g/mol. The van der Waals surface area contributed by atoms with Gasteiger partial charge in [-0.05, 0) is 48.4 Å². The van der Waals surface area contributed by atoms with Gasteiger partial charge in [0.1, 0.15) is 6.61 Å². The molecule has 126 valence electrons. The van der Waals surface area contributed by atoms with E-state index in [2.05, 4.69) is 17.1 Å². The van der Waals surface area contributed by atoms with Crippen LogP contribution in [0.1, 0.15) is 18.1 Å². The van der Waals surface area contributed by atoms with E-state index in [-0.39, 0.29) is 0 Å². The fraction of sp³-hybridized carbons (Fsp3) is 0.211. The van der Waals surface area contributed by atoms with Gasteiger partial charge < -0.3 is 14.9 Å². The van der Waals surface area contributed by atoms with E-state index in [1.54, 1.807) is 12.3 Å². The maximum Gasteiger partial charge on any atom is 0.161 e. The van der Waals surface area contributed by atoms with E-state index in [0.29, 0.717) is 31.3 Å². The molecule has 2 rings (SSSR count). The van der Waals surface area contributed by atoms with Crippen LogP contribution in [-0.2, 0) is 6.54 Å². The Kier molecular flexibility index (Phi) is 7.18. The Morgan fingerprint density at radius 2 is 1.92 bits per heavy atom. The number of hydrogen-bond donors (Lipinski definition) is 1. The lowest BCUT2D eigenvalue weighted by atomic mass is 10.2. The van der Waals surface area contributed by atoms with Crippen LogP contribution >= 0.6 is 11.6 Å². The van der Waals surface area contributed by atoms with Gasteiger partial charge >= 0.3 is 0 Å². The molecular formula is C19H21ClN2O2. The van der Waals surface area contributed by atoms with E-state index < -0.39 is 0 Å². The number of halogens is 1. The predicted molar refractivity (Wildman–Crippen MR) is 99.2 cm³/mol. The second-order valence-electron chi connectivity index (χ2n) is 4.96. The Labute approximate surface area is 147 Å². The molecule has 0 aliphatic rings. The second-order valence-corrected chi connectivity index (χ2v) is 5.39. The predicted octanol–water partition coefficient (Wildman–Crippen LogP) is 4.43. The lowest BCUT2D eigenvalue weighted by Crippen LogP contribution is -2.05. The van der Waals surface area contributed by atoms with Gasteiger partial charge in [0, 0.05) is 5.02 Å². The fourth-order valence-electron chi connectivity index (χ4n) is 2.00. The summed E-state index contributed by atoms with van der Waals surface area (Å²) >= 11 is 5.86. The first-order valence-electron chi connectivity index (χ1n) is 7.74. The smallest absolute Gasteiger partial charge is 0.161 e. The molecule has 0 saturated heterocycles. The topological polar surface area (TPSA) is 42.8 Å². The van der Waals surface area contributed by atoms with Crippen molar-refractivity contribution >= 4 is 17.8 Å². The van der Waals surface area contributed by atoms with Crippen molar-refractivity contribution in [2.45, 2.75) is 13.5 Å². The van der Waals surface area contributed by atoms with Crippen molar-refractivity contribution in [2.24, 2.45) is 5.10 Å². The highest BCUT2D eigenvalue weighted by atomic mass is 35.5. The van der Waals surface area contributed by atoms with Crippen molar-refractivity contribution in [1.82, 2.24) is 5.43 Å². The molecule has 0 radical (unpaired) electrons. The normalized spacial score (nSPS) is 10.6. The van der Waals surface area contributed by atoms with Crippen molar-refractivity contribution in [3.8, 4) is 11.5 Å². The van der Waals surface area contributed by atoms with Crippen molar-refractivity contribution in [3.05, 3.63) is 71.3 Å². The van der Waals surface area contributed by atoms with Crippen LogP contribution in [0.15, 0.2) is 60.2 Å². The number of nitrogens with zero attached hydrogens (tertiary/aromatic N) is 1. The number of benzene rings is 2. The molecule has 0 fully saturated rings. The zero-order chi connectivity index (χ0) is 17.2. The van der Waals surface area contributed by atoms with Gasteiger partial charge in [0.2, 0.25) is 0 Å². The Balaban J connectivity index is 1.96. The lowest BCUT2D eigenvalue weighted by molar-refractivity contribution is 0.297. The number of nitrogens with one attached hydrogen (secondary N) is 1. The summed E-state index contributed by atoms with van der Waals surface area (Å²) in [5.41, 5.74) is 5.05. The summed E-state index contributed by atoms with van der Waals surface area (Å²) in [6.45, 7) is 7.22. The summed E-state index contributed by atoms with van der Waals surface area (Å²) in [5, 5.41) is 4.96. The van der Waals surface area contributed by atoms with Gasteiger partial charge in [-0.2, -0.15) is 5.10 Å². The Hall–Kier alpha value is -2.46. The van der Waals surface area contributed by atoms with Crippen molar-refractivity contribution in [2.75, 3.05) is 13.2 Å². The Morgan fingerprint density at radius 1 is 1.12 bits per heavy atom. The molecule has 0 aliphatic carbocycles. The molecule has 1 N–H and O–H groups in total. The van der Waals surface area contributed by atoms with Crippen LogP contribution in [0.2, 0.25) is 5.02 Å². The van der Waals surface area contributed by atoms with E-state index in [4.69, 9.17) is 21.1 Å². The van der Waals surface area contributed by atoms with Gasteiger partial charge in [-0.15, -0.1) is 0 Å². The molecule has 0 saturated carbocycles. The summed E-state index contributed by atoms with van der Waals surface area (Å²) in [4.78, 5) is 0.